The molecule has 0 bridgehead atoms. The third-order valence-corrected chi connectivity index (χ3v) is 4.79. The fourth-order valence-corrected chi connectivity index (χ4v) is 3.06. The van der Waals surface area contributed by atoms with Gasteiger partial charge in [-0.25, -0.2) is 8.42 Å². The molecule has 0 aliphatic heterocycles. The van der Waals surface area contributed by atoms with E-state index in [9.17, 15) is 18.0 Å². The molecule has 0 unspecified atom stereocenters. The molecule has 0 spiro atoms. The number of carbonyl (C=O) groups is 2. The van der Waals surface area contributed by atoms with Gasteiger partial charge >= 0.3 is 0 Å². The van der Waals surface area contributed by atoms with Crippen LogP contribution in [0.25, 0.3) is 0 Å². The minimum atomic E-state index is -3.07. The van der Waals surface area contributed by atoms with Gasteiger partial charge in [-0.15, -0.1) is 0 Å². The summed E-state index contributed by atoms with van der Waals surface area (Å²) < 4.78 is 21.9. The number of nitrogens with one attached hydrogen (secondary N) is 2. The maximum atomic E-state index is 11.9. The Hall–Kier alpha value is -1.11. The first-order valence-corrected chi connectivity index (χ1v) is 10.2. The molecule has 0 aromatic carbocycles. The molecule has 0 saturated heterocycles. The lowest BCUT2D eigenvalue weighted by Crippen LogP contribution is -2.36. The van der Waals surface area contributed by atoms with E-state index in [1.165, 1.54) is 19.3 Å². The van der Waals surface area contributed by atoms with Gasteiger partial charge in [0.15, 0.2) is 0 Å². The Labute approximate surface area is 133 Å². The van der Waals surface area contributed by atoms with Gasteiger partial charge in [-0.3, -0.25) is 9.59 Å². The van der Waals surface area contributed by atoms with Crippen molar-refractivity contribution in [3.63, 3.8) is 0 Å². The Morgan fingerprint density at radius 3 is 2.09 bits per heavy atom. The zero-order chi connectivity index (χ0) is 16.4. The van der Waals surface area contributed by atoms with Crippen molar-refractivity contribution in [2.24, 2.45) is 0 Å². The highest BCUT2D eigenvalue weighted by atomic mass is 32.2. The number of hydrogen-bond acceptors (Lipinski definition) is 4. The van der Waals surface area contributed by atoms with Crippen molar-refractivity contribution in [1.29, 1.82) is 0 Å². The number of carbonyl (C=O) groups excluding carboxylic acids is 2. The summed E-state index contributed by atoms with van der Waals surface area (Å²) in [5.41, 5.74) is 0. The quantitative estimate of drug-likeness (QED) is 0.731. The van der Waals surface area contributed by atoms with Gasteiger partial charge in [0.05, 0.1) is 5.75 Å². The molecule has 6 nitrogen and oxygen atoms in total. The van der Waals surface area contributed by atoms with E-state index < -0.39 is 9.84 Å². The Bertz CT molecular complexity index is 454. The van der Waals surface area contributed by atoms with Crippen LogP contribution < -0.4 is 10.6 Å². The van der Waals surface area contributed by atoms with Crippen LogP contribution in [0.4, 0.5) is 0 Å². The van der Waals surface area contributed by atoms with Crippen LogP contribution in [-0.4, -0.2) is 44.8 Å². The van der Waals surface area contributed by atoms with E-state index in [-0.39, 0.29) is 43.0 Å². The molecule has 0 heterocycles. The summed E-state index contributed by atoms with van der Waals surface area (Å²) in [6, 6.07) is 0.237. The van der Waals surface area contributed by atoms with E-state index in [0.29, 0.717) is 0 Å². The van der Waals surface area contributed by atoms with Crippen molar-refractivity contribution in [2.75, 3.05) is 18.6 Å². The third-order valence-electron chi connectivity index (χ3n) is 3.84. The van der Waals surface area contributed by atoms with Crippen molar-refractivity contribution < 1.29 is 18.0 Å². The van der Waals surface area contributed by atoms with E-state index in [2.05, 4.69) is 10.6 Å². The van der Waals surface area contributed by atoms with Gasteiger partial charge in [0, 0.05) is 31.7 Å². The number of amides is 2. The molecule has 1 fully saturated rings. The highest BCUT2D eigenvalue weighted by Crippen LogP contribution is 2.17. The first-order valence-electron chi connectivity index (χ1n) is 8.10. The standard InChI is InChI=1S/C15H28N2O4S/c1-22(20,21)12-11-16-14(18)9-10-15(19)17-13-7-5-3-2-4-6-8-13/h13H,2-12H2,1H3,(H,16,18)(H,17,19). The van der Waals surface area contributed by atoms with Gasteiger partial charge in [0.1, 0.15) is 9.84 Å². The van der Waals surface area contributed by atoms with Gasteiger partial charge in [-0.05, 0) is 12.8 Å². The molecule has 1 aliphatic rings. The molecule has 128 valence electrons. The first kappa shape index (κ1) is 18.9. The second-order valence-corrected chi connectivity index (χ2v) is 8.35. The third kappa shape index (κ3) is 9.76. The predicted molar refractivity (Wildman–Crippen MR) is 86.2 cm³/mol. The molecule has 2 N–H and O–H groups in total. The molecule has 0 radical (unpaired) electrons. The predicted octanol–water partition coefficient (Wildman–Crippen LogP) is 1.16. The fraction of sp³-hybridized carbons (Fsp3) is 0.867. The SMILES string of the molecule is CS(=O)(=O)CCNC(=O)CCC(=O)NC1CCCCCCC1. The van der Waals surface area contributed by atoms with Crippen LogP contribution in [0.1, 0.15) is 57.8 Å². The zero-order valence-electron chi connectivity index (χ0n) is 13.4. The van der Waals surface area contributed by atoms with E-state index in [1.54, 1.807) is 0 Å². The molecule has 22 heavy (non-hydrogen) atoms. The Kier molecular flexibility index (Phi) is 8.45. The lowest BCUT2D eigenvalue weighted by molar-refractivity contribution is -0.126. The fourth-order valence-electron chi connectivity index (χ4n) is 2.59. The largest absolute Gasteiger partial charge is 0.355 e. The Balaban J connectivity index is 2.17. The number of sulfone groups is 1. The maximum absolute atomic E-state index is 11.9. The van der Waals surface area contributed by atoms with E-state index in [4.69, 9.17) is 0 Å². The summed E-state index contributed by atoms with van der Waals surface area (Å²) in [5, 5.41) is 5.53. The Morgan fingerprint density at radius 2 is 1.50 bits per heavy atom. The number of rotatable bonds is 7. The van der Waals surface area contributed by atoms with E-state index in [1.807, 2.05) is 0 Å². The summed E-state index contributed by atoms with van der Waals surface area (Å²) in [5.74, 6) is -0.451. The molecule has 7 heteroatoms. The van der Waals surface area contributed by atoms with Crippen LogP contribution >= 0.6 is 0 Å². The van der Waals surface area contributed by atoms with Gasteiger partial charge < -0.3 is 10.6 Å². The van der Waals surface area contributed by atoms with Crippen LogP contribution in [0.15, 0.2) is 0 Å². The van der Waals surface area contributed by atoms with Crippen LogP contribution in [0.5, 0.6) is 0 Å². The highest BCUT2D eigenvalue weighted by molar-refractivity contribution is 7.90. The molecule has 0 aromatic heterocycles. The van der Waals surface area contributed by atoms with Crippen LogP contribution in [0, 0.1) is 0 Å². The second-order valence-electron chi connectivity index (χ2n) is 6.09. The normalized spacial score (nSPS) is 17.3. The molecular weight excluding hydrogens is 304 g/mol. The van der Waals surface area contributed by atoms with Crippen LogP contribution in [-0.2, 0) is 19.4 Å². The summed E-state index contributed by atoms with van der Waals surface area (Å²) in [4.78, 5) is 23.4. The monoisotopic (exact) mass is 332 g/mol. The van der Waals surface area contributed by atoms with Gasteiger partial charge in [0.2, 0.25) is 11.8 Å². The Morgan fingerprint density at radius 1 is 0.955 bits per heavy atom. The van der Waals surface area contributed by atoms with Gasteiger partial charge in [0.25, 0.3) is 0 Å². The molecule has 2 amide bonds. The summed E-state index contributed by atoms with van der Waals surface area (Å²) in [6.07, 6.45) is 9.47. The van der Waals surface area contributed by atoms with Crippen molar-refractivity contribution in [3.05, 3.63) is 0 Å². The smallest absolute Gasteiger partial charge is 0.220 e. The van der Waals surface area contributed by atoms with Crippen molar-refractivity contribution in [2.45, 2.75) is 63.8 Å². The average molecular weight is 332 g/mol. The molecule has 0 atom stereocenters. The molecule has 1 saturated carbocycles. The minimum absolute atomic E-state index is 0.0764. The lowest BCUT2D eigenvalue weighted by Gasteiger charge is -2.21. The van der Waals surface area contributed by atoms with Crippen LogP contribution in [0.3, 0.4) is 0 Å². The minimum Gasteiger partial charge on any atom is -0.355 e. The van der Waals surface area contributed by atoms with Crippen LogP contribution in [0.2, 0.25) is 0 Å². The van der Waals surface area contributed by atoms with Gasteiger partial charge in [-0.1, -0.05) is 32.1 Å². The topological polar surface area (TPSA) is 92.3 Å². The van der Waals surface area contributed by atoms with Gasteiger partial charge in [-0.2, -0.15) is 0 Å². The first-order chi connectivity index (χ1) is 10.4. The second kappa shape index (κ2) is 9.82. The lowest BCUT2D eigenvalue weighted by atomic mass is 9.96. The molecule has 1 rings (SSSR count). The summed E-state index contributed by atoms with van der Waals surface area (Å²) >= 11 is 0. The maximum Gasteiger partial charge on any atom is 0.220 e. The highest BCUT2D eigenvalue weighted by Gasteiger charge is 2.15. The van der Waals surface area contributed by atoms with E-state index in [0.717, 1.165) is 31.9 Å². The summed E-state index contributed by atoms with van der Waals surface area (Å²) in [6.45, 7) is 0.0991. The van der Waals surface area contributed by atoms with Crippen molar-refractivity contribution in [3.8, 4) is 0 Å². The summed E-state index contributed by atoms with van der Waals surface area (Å²) in [7, 11) is -3.07. The zero-order valence-corrected chi connectivity index (χ0v) is 14.2. The molecule has 1 aliphatic carbocycles. The molecule has 0 aromatic rings. The van der Waals surface area contributed by atoms with Crippen molar-refractivity contribution >= 4 is 21.7 Å². The molecular formula is C15H28N2O4S. The number of hydrogen-bond donors (Lipinski definition) is 2. The van der Waals surface area contributed by atoms with E-state index >= 15 is 0 Å². The van der Waals surface area contributed by atoms with Crippen molar-refractivity contribution in [1.82, 2.24) is 10.6 Å². The average Bonchev–Trinajstić information content (AvgIpc) is 2.38.